The molecule has 25 heteroatoms. The van der Waals surface area contributed by atoms with Crippen molar-refractivity contribution in [2.24, 2.45) is 94.7 Å². The van der Waals surface area contributed by atoms with Crippen LogP contribution in [0.15, 0.2) is 49.7 Å². The smallest absolute Gasteiger partial charge is 0.244 e. The largest absolute Gasteiger partial charge is 0.252 e. The molecule has 0 spiro atoms. The van der Waals surface area contributed by atoms with Crippen LogP contribution in [0.25, 0.3) is 0 Å². The molecular weight excluding hydrogens is 1780 g/mol. The van der Waals surface area contributed by atoms with Crippen LogP contribution in [0.2, 0.25) is 0 Å². The molecule has 8 heterocycles. The summed E-state index contributed by atoms with van der Waals surface area (Å²) in [5.74, 6) is 12.4. The molecule has 0 saturated heterocycles. The summed E-state index contributed by atoms with van der Waals surface area (Å²) < 4.78 is 18.3. The first-order valence-corrected chi connectivity index (χ1v) is 59.6. The second kappa shape index (κ2) is 86.8. The van der Waals surface area contributed by atoms with Gasteiger partial charge < -0.3 is 0 Å². The van der Waals surface area contributed by atoms with Crippen molar-refractivity contribution >= 4 is 0 Å². The lowest BCUT2D eigenvalue weighted by molar-refractivity contribution is -0.755. The molecule has 8 aromatic heterocycles. The van der Waals surface area contributed by atoms with Crippen LogP contribution in [0.1, 0.15) is 518 Å². The maximum atomic E-state index is 4.25. The van der Waals surface area contributed by atoms with Crippen LogP contribution < -0.4 is 4.68 Å². The highest BCUT2D eigenvalue weighted by Crippen LogP contribution is 2.22. The maximum Gasteiger partial charge on any atom is 0.244 e. The molecule has 0 atom stereocenters. The summed E-state index contributed by atoms with van der Waals surface area (Å²) >= 11 is 0. The molecule has 0 aliphatic heterocycles. The number of unbranched alkanes of at least 4 members (excludes halogenated alkanes) is 16. The third-order valence-electron chi connectivity index (χ3n) is 26.1. The fourth-order valence-corrected chi connectivity index (χ4v) is 16.5. The Bertz CT molecular complexity index is 4000. The van der Waals surface area contributed by atoms with Crippen LogP contribution in [0.5, 0.6) is 0 Å². The molecule has 0 unspecified atom stereocenters. The number of hydrogen-bond acceptors (Lipinski definition) is 16. The van der Waals surface area contributed by atoms with Crippen molar-refractivity contribution in [3.05, 3.63) is 89.6 Å². The molecular formula is C119H232N25+. The Hall–Kier alpha value is -6.95. The van der Waals surface area contributed by atoms with Crippen molar-refractivity contribution in [2.45, 2.75) is 582 Å². The van der Waals surface area contributed by atoms with Gasteiger partial charge in [-0.25, -0.2) is 23.4 Å². The fourth-order valence-electron chi connectivity index (χ4n) is 16.5. The van der Waals surface area contributed by atoms with Crippen molar-refractivity contribution in [2.75, 3.05) is 0 Å². The standard InChI is InChI=1S/4C16H31N3.C15H29N3.2C14H27N3.C12H25N4/c1-14(2)9-6-5-7-11-16-13-17-18-19(16)12-8-10-15(3)4;1-14(2)9-7-5-6-8-12-19-16(13-17-18-19)11-10-15(3)4;1-14(2)9-7-5-6-8-10-16-13-19(18-17-16)12-11-15(3)4;1-14(2)9-7-5-6-8-10-16-13-17-18-19(16)12-11-15(3)4;1-13(2)8-6-5-7-9-15-12-16-17-18(15)11-10-14(3)4;1-12(2)7-5-6-8-14-11-17(16-15-14)10-9-13(3)4;1-12(2)8-6-5-7-9-14-10-15-16-17(14)11-13(3)4;1-11(2)6-5-8-15-10-16(14-13-15)9-7-12(3)4/h4*13-15H,5-12H2,1-4H3;12-14H,5-11H2,1-4H3;11-13H,5-10H2,1-4H3;10,12-13H,5-9,11H2,1-4H3;10-12H,5-9H2,1-4H3/q;;;;;;;+1. The first-order valence-electron chi connectivity index (χ1n) is 59.6. The van der Waals surface area contributed by atoms with E-state index in [0.29, 0.717) is 5.92 Å². The topological polar surface area (TPSA) is 250 Å². The van der Waals surface area contributed by atoms with Gasteiger partial charge in [-0.05, 0) is 249 Å². The van der Waals surface area contributed by atoms with Crippen molar-refractivity contribution in [1.82, 2.24) is 120 Å². The molecule has 0 N–H and O–H groups in total. The summed E-state index contributed by atoms with van der Waals surface area (Å²) in [5, 5.41) is 66.2. The third-order valence-corrected chi connectivity index (χ3v) is 26.1. The minimum absolute atomic E-state index is 0.636. The minimum Gasteiger partial charge on any atom is -0.252 e. The Kier molecular flexibility index (Phi) is 81.4. The van der Waals surface area contributed by atoms with E-state index in [0.717, 1.165) is 210 Å². The van der Waals surface area contributed by atoms with Crippen molar-refractivity contribution in [1.29, 1.82) is 0 Å². The lowest BCUT2D eigenvalue weighted by Crippen LogP contribution is -2.35. The van der Waals surface area contributed by atoms with E-state index < -0.39 is 0 Å². The van der Waals surface area contributed by atoms with Gasteiger partial charge in [0.25, 0.3) is 0 Å². The van der Waals surface area contributed by atoms with Crippen LogP contribution in [0, 0.1) is 94.7 Å². The number of hydrogen-bond donors (Lipinski definition) is 0. The SMILES string of the molecule is CC(C)CCCCCCc1cn(CCC(C)C)nn1.CC(C)CCCCCCc1cnnn1CCC(C)C.CC(C)CCCCCCn1nncc1CCC(C)C.CC(C)CCCCCc1cnnn1CC(C)C.CC(C)CCCCCc1cnnn1CCC(C)C.CC(C)CCCCCc1cnnn1CCCC(C)C.CC(C)CCCCc1cn(CCC(C)C)nn1.CC(C)CCC[n+]1cn(CCC(C)C)nn1. The van der Waals surface area contributed by atoms with Gasteiger partial charge in [-0.2, -0.15) is 0 Å². The van der Waals surface area contributed by atoms with E-state index in [1.165, 1.54) is 279 Å². The van der Waals surface area contributed by atoms with Gasteiger partial charge in [-0.15, -0.1) is 40.4 Å². The minimum atomic E-state index is 0.636. The Morgan fingerprint density at radius 1 is 0.194 bits per heavy atom. The summed E-state index contributed by atoms with van der Waals surface area (Å²) in [6, 6.07) is 0. The van der Waals surface area contributed by atoms with Gasteiger partial charge in [0, 0.05) is 58.2 Å². The molecule has 8 aromatic rings. The average molecular weight is 2010 g/mol. The van der Waals surface area contributed by atoms with E-state index in [2.05, 4.69) is 340 Å². The quantitative estimate of drug-likeness (QED) is 0.0254. The van der Waals surface area contributed by atoms with E-state index >= 15 is 0 Å². The highest BCUT2D eigenvalue weighted by atomic mass is 15.6. The van der Waals surface area contributed by atoms with Gasteiger partial charge in [-0.1, -0.05) is 410 Å². The van der Waals surface area contributed by atoms with E-state index in [1.807, 2.05) is 56.0 Å². The lowest BCUT2D eigenvalue weighted by Gasteiger charge is -2.08. The van der Waals surface area contributed by atoms with E-state index in [9.17, 15) is 0 Å². The predicted octanol–water partition coefficient (Wildman–Crippen LogP) is 31.4. The van der Waals surface area contributed by atoms with Gasteiger partial charge in [0.1, 0.15) is 11.8 Å². The molecule has 0 bridgehead atoms. The van der Waals surface area contributed by atoms with Gasteiger partial charge in [0.05, 0.1) is 77.4 Å². The Balaban J connectivity index is 0.000000823. The summed E-state index contributed by atoms with van der Waals surface area (Å²) in [6.45, 7) is 81.7. The highest BCUT2D eigenvalue weighted by molar-refractivity contribution is 4.99. The first-order chi connectivity index (χ1) is 68.7. The van der Waals surface area contributed by atoms with Crippen LogP contribution in [0.3, 0.4) is 0 Å². The normalized spacial score (nSPS) is 11.7. The summed E-state index contributed by atoms with van der Waals surface area (Å²) in [7, 11) is 0. The Morgan fingerprint density at radius 2 is 0.438 bits per heavy atom. The van der Waals surface area contributed by atoms with Gasteiger partial charge in [0.2, 0.25) is 6.33 Å². The third kappa shape index (κ3) is 80.1. The average Bonchev–Trinajstić information content (AvgIpc) is 1.77. The maximum absolute atomic E-state index is 4.25. The summed E-state index contributed by atoms with van der Waals surface area (Å²) in [6.07, 6.45) is 75.5. The zero-order valence-electron chi connectivity index (χ0n) is 100. The van der Waals surface area contributed by atoms with E-state index in [4.69, 9.17) is 0 Å². The summed E-state index contributed by atoms with van der Waals surface area (Å²) in [5.41, 5.74) is 8.84. The fraction of sp³-hybridized carbons (Fsp3) is 0.874. The highest BCUT2D eigenvalue weighted by Gasteiger charge is 2.15. The van der Waals surface area contributed by atoms with E-state index in [-0.39, 0.29) is 0 Å². The molecule has 144 heavy (non-hydrogen) atoms. The second-order valence-electron chi connectivity index (χ2n) is 49.0. The number of tetrazole rings is 1. The molecule has 0 amide bonds. The van der Waals surface area contributed by atoms with Crippen molar-refractivity contribution < 1.29 is 4.68 Å². The zero-order valence-corrected chi connectivity index (χ0v) is 100. The molecule has 0 saturated carbocycles. The van der Waals surface area contributed by atoms with E-state index in [1.54, 1.807) is 0 Å². The molecule has 8 rings (SSSR count). The van der Waals surface area contributed by atoms with Gasteiger partial charge >= 0.3 is 0 Å². The van der Waals surface area contributed by atoms with Crippen molar-refractivity contribution in [3.8, 4) is 0 Å². The number of nitrogens with zero attached hydrogens (tertiary/aromatic N) is 25. The molecule has 832 valence electrons. The number of aryl methyl sites for hydroxylation is 15. The van der Waals surface area contributed by atoms with Crippen molar-refractivity contribution in [3.63, 3.8) is 0 Å². The number of rotatable bonds is 72. The molecule has 0 aliphatic carbocycles. The predicted molar refractivity (Wildman–Crippen MR) is 608 cm³/mol. The molecule has 0 aliphatic rings. The van der Waals surface area contributed by atoms with Gasteiger partial charge in [0.15, 0.2) is 5.21 Å². The van der Waals surface area contributed by atoms with Gasteiger partial charge in [-0.3, -0.25) is 9.36 Å². The van der Waals surface area contributed by atoms with Crippen LogP contribution in [-0.4, -0.2) is 120 Å². The number of aromatic nitrogens is 25. The van der Waals surface area contributed by atoms with Crippen LogP contribution in [-0.2, 0) is 104 Å². The van der Waals surface area contributed by atoms with Crippen LogP contribution >= 0.6 is 0 Å². The van der Waals surface area contributed by atoms with Crippen LogP contribution in [0.4, 0.5) is 0 Å². The molecule has 25 nitrogen and oxygen atoms in total. The zero-order chi connectivity index (χ0) is 107. The Labute approximate surface area is 886 Å². The monoisotopic (exact) mass is 2010 g/mol. The molecule has 0 radical (unpaired) electrons. The molecule has 0 fully saturated rings. The Morgan fingerprint density at radius 3 is 0.771 bits per heavy atom. The second-order valence-corrected chi connectivity index (χ2v) is 49.0. The summed E-state index contributed by atoms with van der Waals surface area (Å²) in [4.78, 5) is 0. The lowest BCUT2D eigenvalue weighted by atomic mass is 10.0. The first kappa shape index (κ1) is 135. The molecule has 0 aromatic carbocycles.